The lowest BCUT2D eigenvalue weighted by atomic mass is 9.49. The van der Waals surface area contributed by atoms with Crippen LogP contribution in [0.3, 0.4) is 0 Å². The number of Topliss-reactive ketones (excluding diaryl/α,β-unsaturated/α-hetero) is 1. The number of ketones is 1. The number of benzene rings is 1. The van der Waals surface area contributed by atoms with Gasteiger partial charge in [0.05, 0.1) is 17.7 Å². The fraction of sp³-hybridized carbons (Fsp3) is 0.478. The number of rotatable bonds is 2. The zero-order valence-corrected chi connectivity index (χ0v) is 17.4. The Morgan fingerprint density at radius 2 is 2.00 bits per heavy atom. The molecule has 2 aliphatic carbocycles. The number of carbonyl (C=O) groups is 1. The smallest absolute Gasteiger partial charge is 0.401 e. The summed E-state index contributed by atoms with van der Waals surface area (Å²) in [6.45, 7) is 0.281. The first-order valence-corrected chi connectivity index (χ1v) is 10.6. The summed E-state index contributed by atoms with van der Waals surface area (Å²) in [4.78, 5) is 28.4. The van der Waals surface area contributed by atoms with Gasteiger partial charge in [0.2, 0.25) is 0 Å². The Morgan fingerprint density at radius 1 is 1.25 bits per heavy atom. The standard InChI is InChI=1S/C23H23F3N2O4/c1-12(29)16-6-14-9-22(32)19-7-13-2-3-15(30)8-17(13)21(22,10-18(14)27-20(16)31)4-5-28(19)11-23(24,25)26/h2-3,6,8,19,30,32H,4-5,7,9-11H2,1H3,(H,27,31)/t19-,21-,22-/m1/s1. The van der Waals surface area contributed by atoms with E-state index in [1.807, 2.05) is 0 Å². The van der Waals surface area contributed by atoms with Crippen molar-refractivity contribution >= 4 is 5.78 Å². The zero-order chi connectivity index (χ0) is 23.1. The molecule has 2 heterocycles. The third kappa shape index (κ3) is 2.94. The number of halogens is 3. The van der Waals surface area contributed by atoms with Crippen LogP contribution >= 0.6 is 0 Å². The van der Waals surface area contributed by atoms with E-state index in [1.165, 1.54) is 24.0 Å². The number of piperidine rings is 1. The van der Waals surface area contributed by atoms with Gasteiger partial charge in [0.15, 0.2) is 5.78 Å². The predicted octanol–water partition coefficient (Wildman–Crippen LogP) is 2.24. The molecule has 2 aromatic rings. The molecule has 32 heavy (non-hydrogen) atoms. The summed E-state index contributed by atoms with van der Waals surface area (Å²) in [5.41, 5.74) is -0.429. The number of aliphatic hydroxyl groups is 1. The number of H-pyrrole nitrogens is 1. The molecule has 6 nitrogen and oxygen atoms in total. The van der Waals surface area contributed by atoms with Gasteiger partial charge >= 0.3 is 6.18 Å². The normalized spacial score (nSPS) is 29.1. The number of nitrogens with zero attached hydrogens (tertiary/aromatic N) is 1. The van der Waals surface area contributed by atoms with E-state index < -0.39 is 41.1 Å². The molecule has 1 aromatic carbocycles. The first-order chi connectivity index (χ1) is 14.9. The van der Waals surface area contributed by atoms with Crippen molar-refractivity contribution in [2.24, 2.45) is 0 Å². The van der Waals surface area contributed by atoms with Gasteiger partial charge in [0.25, 0.3) is 5.56 Å². The number of phenols is 1. The third-order valence-electron chi connectivity index (χ3n) is 7.58. The molecule has 0 radical (unpaired) electrons. The van der Waals surface area contributed by atoms with E-state index in [-0.39, 0.29) is 43.5 Å². The fourth-order valence-electron chi connectivity index (χ4n) is 6.21. The summed E-state index contributed by atoms with van der Waals surface area (Å²) in [5.74, 6) is -0.401. The van der Waals surface area contributed by atoms with E-state index in [0.717, 1.165) is 5.56 Å². The Labute approximate surface area is 181 Å². The Morgan fingerprint density at radius 3 is 2.69 bits per heavy atom. The lowest BCUT2D eigenvalue weighted by molar-refractivity contribution is -0.196. The molecule has 1 saturated heterocycles. The second-order valence-corrected chi connectivity index (χ2v) is 9.33. The van der Waals surface area contributed by atoms with Crippen LogP contribution < -0.4 is 5.56 Å². The predicted molar refractivity (Wildman–Crippen MR) is 109 cm³/mol. The number of likely N-dealkylation sites (tertiary alicyclic amines) is 1. The van der Waals surface area contributed by atoms with Crippen LogP contribution in [0.5, 0.6) is 5.75 Å². The van der Waals surface area contributed by atoms with Crippen LogP contribution in [0.1, 0.15) is 46.1 Å². The topological polar surface area (TPSA) is 93.6 Å². The molecule has 1 fully saturated rings. The number of alkyl halides is 3. The van der Waals surface area contributed by atoms with Crippen molar-refractivity contribution in [3.05, 3.63) is 62.6 Å². The van der Waals surface area contributed by atoms with Gasteiger partial charge in [-0.1, -0.05) is 6.07 Å². The summed E-state index contributed by atoms with van der Waals surface area (Å²) >= 11 is 0. The number of carbonyl (C=O) groups excluding carboxylic acids is 1. The SMILES string of the molecule is CC(=O)c1cc2c([nH]c1=O)C[C@]13CCN(CC(F)(F)F)[C@H](Cc4ccc(O)cc41)[C@]3(O)C2. The molecular formula is C23H23F3N2O4. The molecule has 1 aromatic heterocycles. The van der Waals surface area contributed by atoms with Crippen molar-refractivity contribution in [2.75, 3.05) is 13.1 Å². The van der Waals surface area contributed by atoms with Crippen LogP contribution in [0.25, 0.3) is 0 Å². The van der Waals surface area contributed by atoms with Gasteiger partial charge < -0.3 is 15.2 Å². The fourth-order valence-corrected chi connectivity index (χ4v) is 6.21. The number of pyridine rings is 1. The lowest BCUT2D eigenvalue weighted by Crippen LogP contribution is -2.74. The highest BCUT2D eigenvalue weighted by atomic mass is 19.4. The monoisotopic (exact) mass is 448 g/mol. The van der Waals surface area contributed by atoms with Crippen LogP contribution in [0, 0.1) is 0 Å². The summed E-state index contributed by atoms with van der Waals surface area (Å²) in [5, 5.41) is 22.3. The Hall–Kier alpha value is -2.65. The highest BCUT2D eigenvalue weighted by Crippen LogP contribution is 2.57. The highest BCUT2D eigenvalue weighted by Gasteiger charge is 2.65. The first-order valence-electron chi connectivity index (χ1n) is 10.6. The maximum Gasteiger partial charge on any atom is 0.401 e. The van der Waals surface area contributed by atoms with Crippen LogP contribution in [-0.2, 0) is 24.7 Å². The Bertz CT molecular complexity index is 1190. The molecule has 1 aliphatic heterocycles. The summed E-state index contributed by atoms with van der Waals surface area (Å²) in [6, 6.07) is 5.46. The van der Waals surface area contributed by atoms with Crippen molar-refractivity contribution in [1.29, 1.82) is 0 Å². The summed E-state index contributed by atoms with van der Waals surface area (Å²) in [7, 11) is 0. The minimum atomic E-state index is -4.41. The molecule has 3 N–H and O–H groups in total. The maximum absolute atomic E-state index is 13.4. The van der Waals surface area contributed by atoms with Crippen molar-refractivity contribution in [1.82, 2.24) is 9.88 Å². The number of hydrogen-bond donors (Lipinski definition) is 3. The molecular weight excluding hydrogens is 425 g/mol. The molecule has 0 spiro atoms. The molecule has 3 aliphatic rings. The number of aromatic amines is 1. The number of fused-ring (bicyclic) bond motifs is 2. The minimum Gasteiger partial charge on any atom is -0.508 e. The van der Waals surface area contributed by atoms with Crippen LogP contribution in [0.2, 0.25) is 0 Å². The maximum atomic E-state index is 13.4. The molecule has 3 atom stereocenters. The average molecular weight is 448 g/mol. The second-order valence-electron chi connectivity index (χ2n) is 9.33. The molecule has 0 saturated carbocycles. The van der Waals surface area contributed by atoms with Gasteiger partial charge in [-0.25, -0.2) is 0 Å². The highest BCUT2D eigenvalue weighted by molar-refractivity contribution is 5.93. The van der Waals surface area contributed by atoms with E-state index >= 15 is 0 Å². The van der Waals surface area contributed by atoms with E-state index in [0.29, 0.717) is 16.8 Å². The van der Waals surface area contributed by atoms with Gasteiger partial charge in [0.1, 0.15) is 5.75 Å². The number of hydrogen-bond acceptors (Lipinski definition) is 5. The van der Waals surface area contributed by atoms with Gasteiger partial charge in [-0.05, 0) is 61.2 Å². The molecule has 9 heteroatoms. The van der Waals surface area contributed by atoms with E-state index in [2.05, 4.69) is 4.98 Å². The zero-order valence-electron chi connectivity index (χ0n) is 17.4. The van der Waals surface area contributed by atoms with E-state index in [1.54, 1.807) is 12.1 Å². The molecule has 2 bridgehead atoms. The van der Waals surface area contributed by atoms with Crippen molar-refractivity contribution in [3.63, 3.8) is 0 Å². The van der Waals surface area contributed by atoms with Crippen molar-refractivity contribution in [2.45, 2.75) is 55.8 Å². The van der Waals surface area contributed by atoms with Crippen LogP contribution in [-0.4, -0.2) is 56.8 Å². The number of aromatic hydroxyl groups is 1. The van der Waals surface area contributed by atoms with Gasteiger partial charge in [-0.2, -0.15) is 13.2 Å². The number of phenolic OH excluding ortho intramolecular Hbond substituents is 1. The lowest BCUT2D eigenvalue weighted by Gasteiger charge is -2.63. The number of nitrogens with one attached hydrogen (secondary N) is 1. The molecule has 170 valence electrons. The van der Waals surface area contributed by atoms with Gasteiger partial charge in [-0.15, -0.1) is 0 Å². The van der Waals surface area contributed by atoms with Gasteiger partial charge in [0, 0.05) is 30.0 Å². The van der Waals surface area contributed by atoms with Crippen molar-refractivity contribution in [3.8, 4) is 5.75 Å². The Balaban J connectivity index is 1.72. The average Bonchev–Trinajstić information content (AvgIpc) is 2.67. The second kappa shape index (κ2) is 6.68. The number of aromatic nitrogens is 1. The third-order valence-corrected chi connectivity index (χ3v) is 7.58. The Kier molecular flexibility index (Phi) is 4.43. The largest absolute Gasteiger partial charge is 0.508 e. The van der Waals surface area contributed by atoms with E-state index in [9.17, 15) is 33.0 Å². The van der Waals surface area contributed by atoms with Crippen LogP contribution in [0.15, 0.2) is 29.1 Å². The minimum absolute atomic E-state index is 0.00745. The summed E-state index contributed by atoms with van der Waals surface area (Å²) in [6.07, 6.45) is -3.75. The quantitative estimate of drug-likeness (QED) is 0.613. The van der Waals surface area contributed by atoms with Crippen molar-refractivity contribution < 1.29 is 28.2 Å². The van der Waals surface area contributed by atoms with Gasteiger partial charge in [-0.3, -0.25) is 14.5 Å². The first kappa shape index (κ1) is 21.2. The van der Waals surface area contributed by atoms with E-state index in [4.69, 9.17) is 0 Å². The summed E-state index contributed by atoms with van der Waals surface area (Å²) < 4.78 is 40.1. The molecule has 0 amide bonds. The molecule has 0 unspecified atom stereocenters. The van der Waals surface area contributed by atoms with Crippen LogP contribution in [0.4, 0.5) is 13.2 Å². The molecule has 5 rings (SSSR count).